The van der Waals surface area contributed by atoms with E-state index in [0.717, 1.165) is 12.0 Å². The Morgan fingerprint density at radius 1 is 1.50 bits per heavy atom. The van der Waals surface area contributed by atoms with Crippen LogP contribution in [0, 0.1) is 0 Å². The van der Waals surface area contributed by atoms with Crippen molar-refractivity contribution in [3.8, 4) is 0 Å². The third-order valence-electron chi connectivity index (χ3n) is 2.25. The molecule has 1 unspecified atom stereocenters. The van der Waals surface area contributed by atoms with Gasteiger partial charge in [-0.2, -0.15) is 0 Å². The molecule has 0 radical (unpaired) electrons. The highest BCUT2D eigenvalue weighted by Gasteiger charge is 2.13. The van der Waals surface area contributed by atoms with Crippen molar-refractivity contribution in [2.24, 2.45) is 0 Å². The van der Waals surface area contributed by atoms with Crippen LogP contribution in [0.15, 0.2) is 18.2 Å². The number of halogens is 2. The second-order valence-electron chi connectivity index (χ2n) is 3.40. The molecule has 0 aliphatic heterocycles. The van der Waals surface area contributed by atoms with Crippen molar-refractivity contribution < 1.29 is 9.90 Å². The minimum atomic E-state index is -0.886. The standard InChI is InChI=1S/C11H13Cl2NO2/c1-2-10(14-6-11(15)16)8-4-3-7(12)5-9(8)13/h3-5,10,14H,2,6H2,1H3,(H,15,16). The number of hydrogen-bond acceptors (Lipinski definition) is 2. The highest BCUT2D eigenvalue weighted by molar-refractivity contribution is 6.35. The summed E-state index contributed by atoms with van der Waals surface area (Å²) in [6, 6.07) is 5.14. The van der Waals surface area contributed by atoms with E-state index in [1.807, 2.05) is 13.0 Å². The zero-order valence-corrected chi connectivity index (χ0v) is 10.3. The summed E-state index contributed by atoms with van der Waals surface area (Å²) in [6.45, 7) is 1.88. The minimum Gasteiger partial charge on any atom is -0.480 e. The SMILES string of the molecule is CCC(NCC(=O)O)c1ccc(Cl)cc1Cl. The molecule has 0 fully saturated rings. The fraction of sp³-hybridized carbons (Fsp3) is 0.364. The molecule has 1 rings (SSSR count). The molecule has 2 N–H and O–H groups in total. The molecule has 0 aliphatic rings. The number of carboxylic acids is 1. The van der Waals surface area contributed by atoms with Crippen LogP contribution in [0.1, 0.15) is 24.9 Å². The molecule has 1 aromatic rings. The molecule has 0 saturated carbocycles. The van der Waals surface area contributed by atoms with Gasteiger partial charge >= 0.3 is 5.97 Å². The summed E-state index contributed by atoms with van der Waals surface area (Å²) in [7, 11) is 0. The van der Waals surface area contributed by atoms with Crippen molar-refractivity contribution in [2.75, 3.05) is 6.54 Å². The molecular formula is C11H13Cl2NO2. The molecule has 0 aliphatic carbocycles. The first-order valence-electron chi connectivity index (χ1n) is 4.94. The summed E-state index contributed by atoms with van der Waals surface area (Å²) in [5.74, 6) is -0.886. The molecule has 3 nitrogen and oxygen atoms in total. The Morgan fingerprint density at radius 3 is 2.69 bits per heavy atom. The van der Waals surface area contributed by atoms with Crippen molar-refractivity contribution in [1.29, 1.82) is 0 Å². The lowest BCUT2D eigenvalue weighted by Gasteiger charge is -2.17. The number of hydrogen-bond donors (Lipinski definition) is 2. The Morgan fingerprint density at radius 2 is 2.19 bits per heavy atom. The first-order valence-corrected chi connectivity index (χ1v) is 5.70. The smallest absolute Gasteiger partial charge is 0.317 e. The average molecular weight is 262 g/mol. The Hall–Kier alpha value is -0.770. The van der Waals surface area contributed by atoms with Gasteiger partial charge in [-0.05, 0) is 24.1 Å². The highest BCUT2D eigenvalue weighted by Crippen LogP contribution is 2.27. The maximum Gasteiger partial charge on any atom is 0.317 e. The topological polar surface area (TPSA) is 49.3 Å². The second kappa shape index (κ2) is 6.09. The van der Waals surface area contributed by atoms with Crippen molar-refractivity contribution in [3.63, 3.8) is 0 Å². The van der Waals surface area contributed by atoms with Crippen LogP contribution < -0.4 is 5.32 Å². The van der Waals surface area contributed by atoms with Gasteiger partial charge in [0.15, 0.2) is 0 Å². The predicted molar refractivity (Wildman–Crippen MR) is 65.1 cm³/mol. The Labute approximate surface area is 104 Å². The van der Waals surface area contributed by atoms with E-state index in [4.69, 9.17) is 28.3 Å². The summed E-state index contributed by atoms with van der Waals surface area (Å²) < 4.78 is 0. The van der Waals surface area contributed by atoms with Gasteiger partial charge in [-0.3, -0.25) is 4.79 Å². The third kappa shape index (κ3) is 3.67. The summed E-state index contributed by atoms with van der Waals surface area (Å²) in [5, 5.41) is 12.6. The number of benzene rings is 1. The lowest BCUT2D eigenvalue weighted by molar-refractivity contribution is -0.136. The van der Waals surface area contributed by atoms with Gasteiger partial charge in [0.1, 0.15) is 0 Å². The van der Waals surface area contributed by atoms with Crippen LogP contribution in [0.2, 0.25) is 10.0 Å². The van der Waals surface area contributed by atoms with Crippen LogP contribution in [0.5, 0.6) is 0 Å². The molecule has 88 valence electrons. The van der Waals surface area contributed by atoms with E-state index in [1.54, 1.807) is 12.1 Å². The van der Waals surface area contributed by atoms with Crippen molar-refractivity contribution in [1.82, 2.24) is 5.32 Å². The van der Waals surface area contributed by atoms with Gasteiger partial charge in [-0.1, -0.05) is 36.2 Å². The Kier molecular flexibility index (Phi) is 5.06. The zero-order valence-electron chi connectivity index (χ0n) is 8.84. The van der Waals surface area contributed by atoms with Gasteiger partial charge in [0.05, 0.1) is 6.54 Å². The number of aliphatic carboxylic acids is 1. The Bertz CT molecular complexity index is 382. The molecule has 5 heteroatoms. The van der Waals surface area contributed by atoms with Crippen LogP contribution in [0.3, 0.4) is 0 Å². The van der Waals surface area contributed by atoms with E-state index in [-0.39, 0.29) is 12.6 Å². The number of rotatable bonds is 5. The maximum atomic E-state index is 10.5. The van der Waals surface area contributed by atoms with E-state index < -0.39 is 5.97 Å². The molecule has 0 heterocycles. The van der Waals surface area contributed by atoms with Crippen molar-refractivity contribution in [2.45, 2.75) is 19.4 Å². The quantitative estimate of drug-likeness (QED) is 0.857. The first kappa shape index (κ1) is 13.3. The largest absolute Gasteiger partial charge is 0.480 e. The van der Waals surface area contributed by atoms with Crippen LogP contribution in [0.25, 0.3) is 0 Å². The van der Waals surface area contributed by atoms with E-state index >= 15 is 0 Å². The van der Waals surface area contributed by atoms with E-state index in [2.05, 4.69) is 5.32 Å². The minimum absolute atomic E-state index is 0.0686. The fourth-order valence-electron chi connectivity index (χ4n) is 1.47. The van der Waals surface area contributed by atoms with Crippen LogP contribution in [-0.4, -0.2) is 17.6 Å². The second-order valence-corrected chi connectivity index (χ2v) is 4.24. The molecule has 0 spiro atoms. The monoisotopic (exact) mass is 261 g/mol. The zero-order chi connectivity index (χ0) is 12.1. The molecule has 0 bridgehead atoms. The van der Waals surface area contributed by atoms with Crippen molar-refractivity contribution in [3.05, 3.63) is 33.8 Å². The molecule has 1 aromatic carbocycles. The molecule has 1 atom stereocenters. The highest BCUT2D eigenvalue weighted by atomic mass is 35.5. The normalized spacial score (nSPS) is 12.4. The van der Waals surface area contributed by atoms with Gasteiger partial charge < -0.3 is 10.4 Å². The van der Waals surface area contributed by atoms with Crippen LogP contribution >= 0.6 is 23.2 Å². The number of nitrogens with one attached hydrogen (secondary N) is 1. The van der Waals surface area contributed by atoms with Crippen LogP contribution in [0.4, 0.5) is 0 Å². The van der Waals surface area contributed by atoms with Gasteiger partial charge in [0.2, 0.25) is 0 Å². The molecular weight excluding hydrogens is 249 g/mol. The summed E-state index contributed by atoms with van der Waals surface area (Å²) >= 11 is 11.8. The molecule has 16 heavy (non-hydrogen) atoms. The first-order chi connectivity index (χ1) is 7.54. The summed E-state index contributed by atoms with van der Waals surface area (Å²) in [4.78, 5) is 10.5. The maximum absolute atomic E-state index is 10.5. The van der Waals surface area contributed by atoms with Gasteiger partial charge in [-0.15, -0.1) is 0 Å². The van der Waals surface area contributed by atoms with Gasteiger partial charge in [0, 0.05) is 16.1 Å². The predicted octanol–water partition coefficient (Wildman–Crippen LogP) is 3.12. The van der Waals surface area contributed by atoms with Crippen molar-refractivity contribution >= 4 is 29.2 Å². The average Bonchev–Trinajstić information content (AvgIpc) is 2.21. The van der Waals surface area contributed by atoms with Crippen LogP contribution in [-0.2, 0) is 4.79 Å². The number of carbonyl (C=O) groups is 1. The number of carboxylic acid groups (broad SMARTS) is 1. The van der Waals surface area contributed by atoms with Gasteiger partial charge in [0.25, 0.3) is 0 Å². The van der Waals surface area contributed by atoms with E-state index in [1.165, 1.54) is 0 Å². The molecule has 0 aromatic heterocycles. The fourth-order valence-corrected chi connectivity index (χ4v) is 2.01. The lowest BCUT2D eigenvalue weighted by atomic mass is 10.0. The Balaban J connectivity index is 2.82. The van der Waals surface area contributed by atoms with E-state index in [0.29, 0.717) is 10.0 Å². The lowest BCUT2D eigenvalue weighted by Crippen LogP contribution is -2.27. The summed E-state index contributed by atoms with van der Waals surface area (Å²) in [6.07, 6.45) is 0.759. The molecule has 0 saturated heterocycles. The molecule has 0 amide bonds. The van der Waals surface area contributed by atoms with Gasteiger partial charge in [-0.25, -0.2) is 0 Å². The van der Waals surface area contributed by atoms with E-state index in [9.17, 15) is 4.79 Å². The third-order valence-corrected chi connectivity index (χ3v) is 2.81. The summed E-state index contributed by atoms with van der Waals surface area (Å²) in [5.41, 5.74) is 0.870.